The summed E-state index contributed by atoms with van der Waals surface area (Å²) in [5.41, 5.74) is -0.907. The molecule has 1 aliphatic carbocycles. The van der Waals surface area contributed by atoms with E-state index in [2.05, 4.69) is 18.7 Å². The van der Waals surface area contributed by atoms with Gasteiger partial charge in [-0.05, 0) is 76.5 Å². The van der Waals surface area contributed by atoms with Crippen LogP contribution in [0.15, 0.2) is 18.2 Å². The average molecular weight is 471 g/mol. The van der Waals surface area contributed by atoms with Crippen molar-refractivity contribution in [2.24, 2.45) is 11.8 Å². The Kier molecular flexibility index (Phi) is 6.88. The van der Waals surface area contributed by atoms with Crippen LogP contribution in [0.2, 0.25) is 10.0 Å². The zero-order valence-electron chi connectivity index (χ0n) is 18.5. The highest BCUT2D eigenvalue weighted by Crippen LogP contribution is 2.39. The number of hydrogen-bond acceptors (Lipinski definition) is 3. The first-order valence-electron chi connectivity index (χ1n) is 11.5. The molecule has 31 heavy (non-hydrogen) atoms. The SMILES string of the molecule is CC1(C)CC(CN2CCC(F)(CN(C(=O)C3CC3)c3ccc(Cl)cc3Cl)CC2)CCO1. The van der Waals surface area contributed by atoms with Crippen LogP contribution in [-0.2, 0) is 9.53 Å². The van der Waals surface area contributed by atoms with Crippen molar-refractivity contribution in [3.8, 4) is 0 Å². The maximum Gasteiger partial charge on any atom is 0.230 e. The molecule has 1 atom stereocenters. The number of piperidine rings is 1. The van der Waals surface area contributed by atoms with Gasteiger partial charge in [-0.3, -0.25) is 4.79 Å². The van der Waals surface area contributed by atoms with Gasteiger partial charge >= 0.3 is 0 Å². The van der Waals surface area contributed by atoms with Gasteiger partial charge in [-0.15, -0.1) is 0 Å². The van der Waals surface area contributed by atoms with Gasteiger partial charge in [0.05, 0.1) is 22.9 Å². The Balaban J connectivity index is 1.39. The Labute approximate surface area is 195 Å². The van der Waals surface area contributed by atoms with Gasteiger partial charge in [0.2, 0.25) is 5.91 Å². The molecule has 172 valence electrons. The number of carbonyl (C=O) groups is 1. The Morgan fingerprint density at radius 3 is 2.55 bits per heavy atom. The van der Waals surface area contributed by atoms with E-state index in [1.54, 1.807) is 23.1 Å². The minimum Gasteiger partial charge on any atom is -0.376 e. The number of anilines is 1. The largest absolute Gasteiger partial charge is 0.376 e. The minimum absolute atomic E-state index is 0.00712. The molecule has 2 saturated heterocycles. The van der Waals surface area contributed by atoms with Crippen molar-refractivity contribution in [1.29, 1.82) is 0 Å². The van der Waals surface area contributed by atoms with E-state index in [4.69, 9.17) is 27.9 Å². The zero-order chi connectivity index (χ0) is 22.2. The van der Waals surface area contributed by atoms with Gasteiger partial charge in [-0.2, -0.15) is 0 Å². The third-order valence-electron chi connectivity index (χ3n) is 6.90. The fourth-order valence-corrected chi connectivity index (χ4v) is 5.50. The van der Waals surface area contributed by atoms with Gasteiger partial charge in [0.1, 0.15) is 5.67 Å². The summed E-state index contributed by atoms with van der Waals surface area (Å²) < 4.78 is 21.8. The van der Waals surface area contributed by atoms with Crippen molar-refractivity contribution in [2.45, 2.75) is 63.6 Å². The molecule has 3 fully saturated rings. The maximum atomic E-state index is 15.9. The van der Waals surface area contributed by atoms with Crippen molar-refractivity contribution in [3.63, 3.8) is 0 Å². The monoisotopic (exact) mass is 470 g/mol. The van der Waals surface area contributed by atoms with Crippen LogP contribution in [0.5, 0.6) is 0 Å². The van der Waals surface area contributed by atoms with Gasteiger partial charge in [0.25, 0.3) is 0 Å². The van der Waals surface area contributed by atoms with Crippen LogP contribution in [0.3, 0.4) is 0 Å². The third kappa shape index (κ3) is 5.93. The Bertz CT molecular complexity index is 807. The summed E-state index contributed by atoms with van der Waals surface area (Å²) in [7, 11) is 0. The van der Waals surface area contributed by atoms with E-state index in [-0.39, 0.29) is 24.0 Å². The molecule has 4 rings (SSSR count). The molecule has 1 unspecified atom stereocenters. The second-order valence-corrected chi connectivity index (χ2v) is 11.1. The molecule has 0 aromatic heterocycles. The molecule has 0 N–H and O–H groups in total. The van der Waals surface area contributed by atoms with Gasteiger partial charge in [0.15, 0.2) is 0 Å². The predicted octanol–water partition coefficient (Wildman–Crippen LogP) is 5.75. The van der Waals surface area contributed by atoms with Crippen molar-refractivity contribution < 1.29 is 13.9 Å². The lowest BCUT2D eigenvalue weighted by molar-refractivity contribution is -0.120. The fraction of sp³-hybridized carbons (Fsp3) is 0.708. The number of hydrogen-bond donors (Lipinski definition) is 0. The molecule has 2 aliphatic heterocycles. The van der Waals surface area contributed by atoms with Crippen molar-refractivity contribution >= 4 is 34.8 Å². The number of ether oxygens (including phenoxy) is 1. The van der Waals surface area contributed by atoms with Crippen LogP contribution in [0, 0.1) is 11.8 Å². The highest BCUT2D eigenvalue weighted by atomic mass is 35.5. The van der Waals surface area contributed by atoms with Crippen molar-refractivity contribution in [2.75, 3.05) is 37.7 Å². The number of rotatable bonds is 6. The number of benzene rings is 1. The molecule has 1 aromatic rings. The second-order valence-electron chi connectivity index (χ2n) is 10.2. The molecule has 4 nitrogen and oxygen atoms in total. The highest BCUT2D eigenvalue weighted by molar-refractivity contribution is 6.36. The second kappa shape index (κ2) is 9.17. The van der Waals surface area contributed by atoms with Crippen molar-refractivity contribution in [1.82, 2.24) is 4.90 Å². The lowest BCUT2D eigenvalue weighted by Crippen LogP contribution is -2.51. The molecule has 0 spiro atoms. The number of halogens is 3. The smallest absolute Gasteiger partial charge is 0.230 e. The van der Waals surface area contributed by atoms with Crippen LogP contribution in [0.1, 0.15) is 52.4 Å². The molecular formula is C24H33Cl2FN2O2. The summed E-state index contributed by atoms with van der Waals surface area (Å²) in [6.07, 6.45) is 4.71. The first-order valence-corrected chi connectivity index (χ1v) is 12.2. The maximum absolute atomic E-state index is 15.9. The van der Waals surface area contributed by atoms with Crippen LogP contribution in [-0.4, -0.2) is 54.9 Å². The van der Waals surface area contributed by atoms with E-state index >= 15 is 4.39 Å². The summed E-state index contributed by atoms with van der Waals surface area (Å²) in [6.45, 7) is 7.59. The molecule has 0 radical (unpaired) electrons. The van der Waals surface area contributed by atoms with Crippen LogP contribution < -0.4 is 4.90 Å². The normalized spacial score (nSPS) is 25.9. The van der Waals surface area contributed by atoms with Crippen LogP contribution in [0.25, 0.3) is 0 Å². The predicted molar refractivity (Wildman–Crippen MR) is 124 cm³/mol. The van der Waals surface area contributed by atoms with E-state index in [0.29, 0.717) is 47.6 Å². The molecule has 7 heteroatoms. The molecule has 3 aliphatic rings. The average Bonchev–Trinajstić information content (AvgIpc) is 3.53. The van der Waals surface area contributed by atoms with Gasteiger partial charge < -0.3 is 14.5 Å². The Hall–Kier alpha value is -0.880. The molecule has 1 amide bonds. The van der Waals surface area contributed by atoms with E-state index in [0.717, 1.165) is 38.8 Å². The van der Waals surface area contributed by atoms with E-state index in [9.17, 15) is 4.79 Å². The molecule has 1 saturated carbocycles. The summed E-state index contributed by atoms with van der Waals surface area (Å²) in [5, 5.41) is 0.900. The lowest BCUT2D eigenvalue weighted by atomic mass is 9.86. The lowest BCUT2D eigenvalue weighted by Gasteiger charge is -2.42. The quantitative estimate of drug-likeness (QED) is 0.530. The van der Waals surface area contributed by atoms with Crippen LogP contribution in [0.4, 0.5) is 10.1 Å². The Morgan fingerprint density at radius 2 is 1.94 bits per heavy atom. The number of nitrogens with zero attached hydrogens (tertiary/aromatic N) is 2. The zero-order valence-corrected chi connectivity index (χ0v) is 20.0. The summed E-state index contributed by atoms with van der Waals surface area (Å²) in [4.78, 5) is 16.9. The minimum atomic E-state index is -1.40. The first-order chi connectivity index (χ1) is 14.6. The molecular weight excluding hydrogens is 438 g/mol. The standard InChI is InChI=1S/C24H33Cl2FN2O2/c1-23(2)14-17(7-12-31-23)15-28-10-8-24(27,9-11-28)16-29(22(30)18-3-4-18)21-6-5-19(25)13-20(21)26/h5-6,13,17-18H,3-4,7-12,14-16H2,1-2H3. The highest BCUT2D eigenvalue weighted by Gasteiger charge is 2.42. The topological polar surface area (TPSA) is 32.8 Å². The van der Waals surface area contributed by atoms with Crippen LogP contribution >= 0.6 is 23.2 Å². The van der Waals surface area contributed by atoms with E-state index in [1.165, 1.54) is 0 Å². The van der Waals surface area contributed by atoms with Gasteiger partial charge in [0, 0.05) is 37.2 Å². The number of alkyl halides is 1. The van der Waals surface area contributed by atoms with Gasteiger partial charge in [-0.25, -0.2) is 4.39 Å². The summed E-state index contributed by atoms with van der Waals surface area (Å²) in [5.74, 6) is 0.567. The number of amides is 1. The number of carbonyl (C=O) groups excluding carboxylic acids is 1. The third-order valence-corrected chi connectivity index (χ3v) is 7.44. The first kappa shape index (κ1) is 23.3. The van der Waals surface area contributed by atoms with E-state index < -0.39 is 5.67 Å². The summed E-state index contributed by atoms with van der Waals surface area (Å²) >= 11 is 12.4. The number of likely N-dealkylation sites (tertiary alicyclic amines) is 1. The Morgan fingerprint density at radius 1 is 1.23 bits per heavy atom. The van der Waals surface area contributed by atoms with E-state index in [1.807, 2.05) is 0 Å². The molecule has 2 heterocycles. The summed E-state index contributed by atoms with van der Waals surface area (Å²) in [6, 6.07) is 5.06. The van der Waals surface area contributed by atoms with Gasteiger partial charge in [-0.1, -0.05) is 23.2 Å². The fourth-order valence-electron chi connectivity index (χ4n) is 4.99. The van der Waals surface area contributed by atoms with Crippen molar-refractivity contribution in [3.05, 3.63) is 28.2 Å². The molecule has 0 bridgehead atoms. The molecule has 1 aromatic carbocycles.